The third-order valence-electron chi connectivity index (χ3n) is 3.89. The molecule has 21 heavy (non-hydrogen) atoms. The lowest BCUT2D eigenvalue weighted by molar-refractivity contribution is 0.582. The van der Waals surface area contributed by atoms with Crippen molar-refractivity contribution in [2.75, 3.05) is 7.05 Å². The average Bonchev–Trinajstić information content (AvgIpc) is 2.45. The zero-order valence-electron chi connectivity index (χ0n) is 13.3. The number of rotatable bonds is 4. The molecule has 0 aromatic heterocycles. The van der Waals surface area contributed by atoms with Gasteiger partial charge in [0.1, 0.15) is 0 Å². The highest BCUT2D eigenvalue weighted by Crippen LogP contribution is 2.26. The Kier molecular flexibility index (Phi) is 5.44. The monoisotopic (exact) mass is 393 g/mol. The summed E-state index contributed by atoms with van der Waals surface area (Å²) in [4.78, 5) is 0. The molecule has 2 aromatic carbocycles. The van der Waals surface area contributed by atoms with E-state index < -0.39 is 0 Å². The molecule has 0 spiro atoms. The first-order valence-electron chi connectivity index (χ1n) is 7.43. The maximum Gasteiger partial charge on any atom is 0.0368 e. The van der Waals surface area contributed by atoms with E-state index in [2.05, 4.69) is 97.2 Å². The molecule has 0 amide bonds. The highest BCUT2D eigenvalue weighted by Gasteiger charge is 2.15. The van der Waals surface area contributed by atoms with E-state index >= 15 is 0 Å². The Morgan fingerprint density at radius 1 is 1.00 bits per heavy atom. The van der Waals surface area contributed by atoms with Crippen molar-refractivity contribution in [3.63, 3.8) is 0 Å². The van der Waals surface area contributed by atoms with Gasteiger partial charge in [-0.05, 0) is 64.2 Å². The number of benzene rings is 2. The van der Waals surface area contributed by atoms with Crippen LogP contribution in [0, 0.1) is 3.57 Å². The highest BCUT2D eigenvalue weighted by atomic mass is 127. The first kappa shape index (κ1) is 16.5. The van der Waals surface area contributed by atoms with E-state index in [0.717, 1.165) is 6.42 Å². The van der Waals surface area contributed by atoms with Gasteiger partial charge in [-0.25, -0.2) is 0 Å². The van der Waals surface area contributed by atoms with Gasteiger partial charge in [-0.2, -0.15) is 0 Å². The van der Waals surface area contributed by atoms with E-state index in [1.165, 1.54) is 20.3 Å². The standard InChI is InChI=1S/C19H24IN/c1-19(2,3)15-11-9-14(10-12-15)13-18(21-4)16-7-5-6-8-17(16)20/h5-12,18,21H,13H2,1-4H3. The summed E-state index contributed by atoms with van der Waals surface area (Å²) in [5, 5.41) is 3.45. The van der Waals surface area contributed by atoms with Crippen LogP contribution in [0.3, 0.4) is 0 Å². The van der Waals surface area contributed by atoms with E-state index in [0.29, 0.717) is 6.04 Å². The van der Waals surface area contributed by atoms with Crippen molar-refractivity contribution in [1.29, 1.82) is 0 Å². The second-order valence-electron chi connectivity index (χ2n) is 6.51. The Morgan fingerprint density at radius 3 is 2.14 bits per heavy atom. The normalized spacial score (nSPS) is 13.2. The Labute approximate surface area is 142 Å². The zero-order valence-corrected chi connectivity index (χ0v) is 15.4. The van der Waals surface area contributed by atoms with Crippen LogP contribution in [0.1, 0.15) is 43.5 Å². The lowest BCUT2D eigenvalue weighted by atomic mass is 9.86. The molecule has 0 saturated carbocycles. The van der Waals surface area contributed by atoms with Crippen LogP contribution >= 0.6 is 22.6 Å². The summed E-state index contributed by atoms with van der Waals surface area (Å²) in [6, 6.07) is 18.0. The van der Waals surface area contributed by atoms with Crippen LogP contribution in [0.2, 0.25) is 0 Å². The van der Waals surface area contributed by atoms with E-state index in [1.54, 1.807) is 0 Å². The van der Waals surface area contributed by atoms with Crippen molar-refractivity contribution >= 4 is 22.6 Å². The van der Waals surface area contributed by atoms with Gasteiger partial charge in [0.2, 0.25) is 0 Å². The lowest BCUT2D eigenvalue weighted by Gasteiger charge is -2.21. The molecule has 1 nitrogen and oxygen atoms in total. The molecule has 112 valence electrons. The molecule has 0 radical (unpaired) electrons. The molecule has 0 fully saturated rings. The van der Waals surface area contributed by atoms with Crippen LogP contribution in [0.25, 0.3) is 0 Å². The third kappa shape index (κ3) is 4.30. The topological polar surface area (TPSA) is 12.0 Å². The fourth-order valence-electron chi connectivity index (χ4n) is 2.50. The van der Waals surface area contributed by atoms with Crippen LogP contribution in [-0.4, -0.2) is 7.05 Å². The van der Waals surface area contributed by atoms with Crippen molar-refractivity contribution in [2.45, 2.75) is 38.6 Å². The molecule has 0 heterocycles. The van der Waals surface area contributed by atoms with E-state index in [1.807, 2.05) is 7.05 Å². The lowest BCUT2D eigenvalue weighted by Crippen LogP contribution is -2.20. The molecule has 1 unspecified atom stereocenters. The summed E-state index contributed by atoms with van der Waals surface area (Å²) < 4.78 is 1.32. The zero-order chi connectivity index (χ0) is 15.5. The molecule has 0 aliphatic carbocycles. The molecule has 0 bridgehead atoms. The summed E-state index contributed by atoms with van der Waals surface area (Å²) in [5.74, 6) is 0. The van der Waals surface area contributed by atoms with Crippen LogP contribution in [0.15, 0.2) is 48.5 Å². The van der Waals surface area contributed by atoms with Crippen LogP contribution in [0.5, 0.6) is 0 Å². The maximum absolute atomic E-state index is 3.45. The van der Waals surface area contributed by atoms with Crippen LogP contribution in [0.4, 0.5) is 0 Å². The average molecular weight is 393 g/mol. The first-order valence-corrected chi connectivity index (χ1v) is 8.51. The Morgan fingerprint density at radius 2 is 1.62 bits per heavy atom. The first-order chi connectivity index (χ1) is 9.91. The third-order valence-corrected chi connectivity index (χ3v) is 4.87. The smallest absolute Gasteiger partial charge is 0.0368 e. The maximum atomic E-state index is 3.45. The van der Waals surface area contributed by atoms with E-state index in [-0.39, 0.29) is 5.41 Å². The summed E-state index contributed by atoms with van der Waals surface area (Å²) in [6.45, 7) is 6.76. The van der Waals surface area contributed by atoms with E-state index in [9.17, 15) is 0 Å². The van der Waals surface area contributed by atoms with Gasteiger partial charge in [0, 0.05) is 9.61 Å². The number of hydrogen-bond donors (Lipinski definition) is 1. The van der Waals surface area contributed by atoms with Gasteiger partial charge in [-0.1, -0.05) is 63.2 Å². The quantitative estimate of drug-likeness (QED) is 0.714. The molecule has 2 rings (SSSR count). The highest BCUT2D eigenvalue weighted by molar-refractivity contribution is 14.1. The van der Waals surface area contributed by atoms with Crippen molar-refractivity contribution < 1.29 is 0 Å². The molecule has 1 N–H and O–H groups in total. The molecule has 0 aliphatic rings. The van der Waals surface area contributed by atoms with Gasteiger partial charge < -0.3 is 5.32 Å². The molecular weight excluding hydrogens is 369 g/mol. The minimum absolute atomic E-state index is 0.218. The molecule has 0 saturated heterocycles. The molecule has 0 aliphatic heterocycles. The van der Waals surface area contributed by atoms with Crippen molar-refractivity contribution in [1.82, 2.24) is 5.32 Å². The number of halogens is 1. The van der Waals surface area contributed by atoms with Gasteiger partial charge >= 0.3 is 0 Å². The summed E-state index contributed by atoms with van der Waals surface area (Å²) in [7, 11) is 2.04. The Bertz CT molecular complexity index is 581. The van der Waals surface area contributed by atoms with Gasteiger partial charge in [-0.15, -0.1) is 0 Å². The van der Waals surface area contributed by atoms with E-state index in [4.69, 9.17) is 0 Å². The van der Waals surface area contributed by atoms with Crippen LogP contribution in [-0.2, 0) is 11.8 Å². The van der Waals surface area contributed by atoms with Gasteiger partial charge in [-0.3, -0.25) is 0 Å². The minimum Gasteiger partial charge on any atom is -0.313 e. The molecule has 2 aromatic rings. The Hall–Kier alpha value is -0.870. The summed E-state index contributed by atoms with van der Waals surface area (Å²) in [6.07, 6.45) is 1.01. The van der Waals surface area contributed by atoms with Crippen LogP contribution < -0.4 is 5.32 Å². The SMILES string of the molecule is CNC(Cc1ccc(C(C)(C)C)cc1)c1ccccc1I. The molecule has 1 atom stereocenters. The number of hydrogen-bond acceptors (Lipinski definition) is 1. The fraction of sp³-hybridized carbons (Fsp3) is 0.368. The van der Waals surface area contributed by atoms with Crippen molar-refractivity contribution in [3.8, 4) is 0 Å². The molecule has 2 heteroatoms. The second-order valence-corrected chi connectivity index (χ2v) is 7.68. The van der Waals surface area contributed by atoms with Gasteiger partial charge in [0.25, 0.3) is 0 Å². The fourth-order valence-corrected chi connectivity index (χ4v) is 3.27. The Balaban J connectivity index is 2.18. The molecular formula is C19H24IN. The van der Waals surface area contributed by atoms with Gasteiger partial charge in [0.05, 0.1) is 0 Å². The predicted octanol–water partition coefficient (Wildman–Crippen LogP) is 5.09. The summed E-state index contributed by atoms with van der Waals surface area (Å²) >= 11 is 2.42. The van der Waals surface area contributed by atoms with Crippen molar-refractivity contribution in [3.05, 3.63) is 68.8 Å². The number of nitrogens with one attached hydrogen (secondary N) is 1. The predicted molar refractivity (Wildman–Crippen MR) is 99.8 cm³/mol. The number of likely N-dealkylation sites (N-methyl/N-ethyl adjacent to an activating group) is 1. The summed E-state index contributed by atoms with van der Waals surface area (Å²) in [5.41, 5.74) is 4.36. The van der Waals surface area contributed by atoms with Crippen molar-refractivity contribution in [2.24, 2.45) is 0 Å². The van der Waals surface area contributed by atoms with Gasteiger partial charge in [0.15, 0.2) is 0 Å². The second kappa shape index (κ2) is 6.93. The minimum atomic E-state index is 0.218. The largest absolute Gasteiger partial charge is 0.313 e.